The third-order valence-corrected chi connectivity index (χ3v) is 8.67. The van der Waals surface area contributed by atoms with E-state index < -0.39 is 12.0 Å². The standard InChI is InChI=1S/C33H28BrN3O6S/c1-5-42-32(39)29-19(2)36-33-37(30(29)24-15-26(40-3)27(41-4)16-25(24)34)31(38)28(44-33)14-20-9-8-12-23(13-20)43-18-22-11-7-6-10-21(22)17-35/h6-16,30H,5,18H2,1-4H3/b28-14-/t30-/m0/s1. The first-order valence-electron chi connectivity index (χ1n) is 13.6. The van der Waals surface area contributed by atoms with Gasteiger partial charge in [-0.25, -0.2) is 9.79 Å². The number of nitrogens with zero attached hydrogens (tertiary/aromatic N) is 3. The Labute approximate surface area is 266 Å². The zero-order valence-electron chi connectivity index (χ0n) is 24.4. The van der Waals surface area contributed by atoms with Crippen LogP contribution in [-0.4, -0.2) is 31.4 Å². The first-order chi connectivity index (χ1) is 21.3. The number of fused-ring (bicyclic) bond motifs is 1. The Hall–Kier alpha value is -4.66. The molecular formula is C33H28BrN3O6S. The van der Waals surface area contributed by atoms with E-state index in [9.17, 15) is 14.9 Å². The number of rotatable bonds is 9. The molecule has 0 spiro atoms. The van der Waals surface area contributed by atoms with Gasteiger partial charge in [0.15, 0.2) is 16.3 Å². The summed E-state index contributed by atoms with van der Waals surface area (Å²) >= 11 is 4.84. The molecule has 0 fully saturated rings. The van der Waals surface area contributed by atoms with Gasteiger partial charge in [0.05, 0.1) is 54.3 Å². The Kier molecular flexibility index (Phi) is 9.32. The number of halogens is 1. The van der Waals surface area contributed by atoms with Crippen LogP contribution in [0.4, 0.5) is 0 Å². The van der Waals surface area contributed by atoms with Gasteiger partial charge in [-0.15, -0.1) is 0 Å². The van der Waals surface area contributed by atoms with Crippen LogP contribution in [0, 0.1) is 11.3 Å². The second kappa shape index (κ2) is 13.3. The zero-order chi connectivity index (χ0) is 31.4. The van der Waals surface area contributed by atoms with Crippen LogP contribution in [0.1, 0.15) is 42.1 Å². The summed E-state index contributed by atoms with van der Waals surface area (Å²) in [4.78, 5) is 32.4. The first kappa shape index (κ1) is 30.8. The van der Waals surface area contributed by atoms with Crippen molar-refractivity contribution in [2.75, 3.05) is 20.8 Å². The van der Waals surface area contributed by atoms with Crippen LogP contribution in [0.3, 0.4) is 0 Å². The monoisotopic (exact) mass is 673 g/mol. The van der Waals surface area contributed by atoms with Crippen molar-refractivity contribution >= 4 is 39.3 Å². The highest BCUT2D eigenvalue weighted by Gasteiger charge is 2.35. The topological polar surface area (TPSA) is 112 Å². The highest BCUT2D eigenvalue weighted by molar-refractivity contribution is 9.10. The number of aromatic nitrogens is 1. The fourth-order valence-corrected chi connectivity index (χ4v) is 6.51. The lowest BCUT2D eigenvalue weighted by Crippen LogP contribution is -2.40. The van der Waals surface area contributed by atoms with Gasteiger partial charge < -0.3 is 18.9 Å². The molecule has 1 atom stereocenters. The van der Waals surface area contributed by atoms with Crippen LogP contribution in [0.2, 0.25) is 0 Å². The number of benzene rings is 3. The summed E-state index contributed by atoms with van der Waals surface area (Å²) in [6, 6.07) is 19.4. The van der Waals surface area contributed by atoms with Gasteiger partial charge in [-0.3, -0.25) is 9.36 Å². The van der Waals surface area contributed by atoms with Crippen molar-refractivity contribution in [3.05, 3.63) is 118 Å². The van der Waals surface area contributed by atoms with Gasteiger partial charge in [-0.05, 0) is 61.4 Å². The van der Waals surface area contributed by atoms with Gasteiger partial charge in [-0.1, -0.05) is 57.6 Å². The van der Waals surface area contributed by atoms with E-state index in [-0.39, 0.29) is 24.3 Å². The molecule has 224 valence electrons. The minimum atomic E-state index is -0.837. The molecule has 0 unspecified atom stereocenters. The molecule has 44 heavy (non-hydrogen) atoms. The largest absolute Gasteiger partial charge is 0.493 e. The van der Waals surface area contributed by atoms with E-state index >= 15 is 0 Å². The molecule has 1 aliphatic heterocycles. The number of nitriles is 1. The quantitative estimate of drug-likeness (QED) is 0.229. The molecule has 0 N–H and O–H groups in total. The summed E-state index contributed by atoms with van der Waals surface area (Å²) in [5.74, 6) is 0.969. The predicted molar refractivity (Wildman–Crippen MR) is 170 cm³/mol. The number of thiazole rings is 1. The van der Waals surface area contributed by atoms with Gasteiger partial charge in [0.1, 0.15) is 12.4 Å². The van der Waals surface area contributed by atoms with Crippen molar-refractivity contribution in [2.24, 2.45) is 4.99 Å². The van der Waals surface area contributed by atoms with E-state index in [1.165, 1.54) is 30.1 Å². The molecule has 0 bridgehead atoms. The lowest BCUT2D eigenvalue weighted by Gasteiger charge is -2.26. The fourth-order valence-electron chi connectivity index (χ4n) is 4.93. The summed E-state index contributed by atoms with van der Waals surface area (Å²) in [6.07, 6.45) is 1.77. The van der Waals surface area contributed by atoms with Gasteiger partial charge in [0.25, 0.3) is 5.56 Å². The van der Waals surface area contributed by atoms with Crippen LogP contribution >= 0.6 is 27.3 Å². The van der Waals surface area contributed by atoms with Crippen LogP contribution in [0.25, 0.3) is 6.08 Å². The highest BCUT2D eigenvalue weighted by Crippen LogP contribution is 2.40. The first-order valence-corrected chi connectivity index (χ1v) is 15.2. The van der Waals surface area contributed by atoms with Gasteiger partial charge in [0.2, 0.25) is 0 Å². The zero-order valence-corrected chi connectivity index (χ0v) is 26.8. The molecule has 0 aliphatic carbocycles. The summed E-state index contributed by atoms with van der Waals surface area (Å²) in [5.41, 5.74) is 3.08. The summed E-state index contributed by atoms with van der Waals surface area (Å²) in [6.45, 7) is 3.85. The molecule has 1 aromatic heterocycles. The molecule has 11 heteroatoms. The predicted octanol–water partition coefficient (Wildman–Crippen LogP) is 5.03. The van der Waals surface area contributed by atoms with Crippen molar-refractivity contribution < 1.29 is 23.7 Å². The molecular weight excluding hydrogens is 646 g/mol. The average Bonchev–Trinajstić information content (AvgIpc) is 3.33. The fraction of sp³-hybridized carbons (Fsp3) is 0.212. The van der Waals surface area contributed by atoms with Crippen molar-refractivity contribution in [3.8, 4) is 23.3 Å². The third-order valence-electron chi connectivity index (χ3n) is 7.00. The van der Waals surface area contributed by atoms with Crippen LogP contribution in [0.15, 0.2) is 86.2 Å². The molecule has 0 saturated carbocycles. The molecule has 5 rings (SSSR count). The lowest BCUT2D eigenvalue weighted by molar-refractivity contribution is -0.139. The Morgan fingerprint density at radius 2 is 1.86 bits per heavy atom. The smallest absolute Gasteiger partial charge is 0.338 e. The van der Waals surface area contributed by atoms with Gasteiger partial charge in [-0.2, -0.15) is 5.26 Å². The van der Waals surface area contributed by atoms with Crippen LogP contribution in [-0.2, 0) is 16.1 Å². The van der Waals surface area contributed by atoms with Crippen molar-refractivity contribution in [3.63, 3.8) is 0 Å². The van der Waals surface area contributed by atoms with Crippen molar-refractivity contribution in [1.29, 1.82) is 5.26 Å². The lowest BCUT2D eigenvalue weighted by atomic mass is 9.95. The van der Waals surface area contributed by atoms with E-state index in [4.69, 9.17) is 18.9 Å². The maximum absolute atomic E-state index is 14.1. The number of hydrogen-bond donors (Lipinski definition) is 0. The number of esters is 1. The molecule has 2 heterocycles. The van der Waals surface area contributed by atoms with Gasteiger partial charge in [0, 0.05) is 10.0 Å². The minimum absolute atomic E-state index is 0.167. The molecule has 9 nitrogen and oxygen atoms in total. The number of ether oxygens (including phenoxy) is 4. The molecule has 3 aromatic carbocycles. The second-order valence-electron chi connectivity index (χ2n) is 9.66. The molecule has 0 saturated heterocycles. The van der Waals surface area contributed by atoms with Crippen LogP contribution in [0.5, 0.6) is 17.2 Å². The van der Waals surface area contributed by atoms with Gasteiger partial charge >= 0.3 is 5.97 Å². The number of allylic oxidation sites excluding steroid dienone is 1. The summed E-state index contributed by atoms with van der Waals surface area (Å²) in [7, 11) is 3.06. The SMILES string of the molecule is CCOC(=O)C1=C(C)N=c2s/c(=C\c3cccc(OCc4ccccc4C#N)c3)c(=O)n2[C@H]1c1cc(OC)c(OC)cc1Br. The van der Waals surface area contributed by atoms with E-state index in [0.29, 0.717) is 47.9 Å². The minimum Gasteiger partial charge on any atom is -0.493 e. The van der Waals surface area contributed by atoms with E-state index in [1.54, 1.807) is 38.1 Å². The summed E-state index contributed by atoms with van der Waals surface area (Å²) in [5, 5.41) is 9.37. The second-order valence-corrected chi connectivity index (χ2v) is 11.5. The molecule has 1 aliphatic rings. The maximum Gasteiger partial charge on any atom is 0.338 e. The number of carbonyl (C=O) groups excluding carboxylic acids is 1. The Morgan fingerprint density at radius 3 is 2.59 bits per heavy atom. The Morgan fingerprint density at radius 1 is 1.11 bits per heavy atom. The van der Waals surface area contributed by atoms with E-state index in [0.717, 1.165) is 11.1 Å². The Balaban J connectivity index is 1.60. The number of carbonyl (C=O) groups is 1. The number of hydrogen-bond acceptors (Lipinski definition) is 9. The molecule has 0 amide bonds. The highest BCUT2D eigenvalue weighted by atomic mass is 79.9. The Bertz CT molecular complexity index is 2010. The van der Waals surface area contributed by atoms with Crippen LogP contribution < -0.4 is 29.1 Å². The average molecular weight is 675 g/mol. The van der Waals surface area contributed by atoms with E-state index in [1.807, 2.05) is 42.5 Å². The van der Waals surface area contributed by atoms with Crippen molar-refractivity contribution in [1.82, 2.24) is 4.57 Å². The third kappa shape index (κ3) is 6.04. The molecule has 0 radical (unpaired) electrons. The number of methoxy groups -OCH3 is 2. The summed E-state index contributed by atoms with van der Waals surface area (Å²) < 4.78 is 24.9. The normalized spacial score (nSPS) is 14.4. The van der Waals surface area contributed by atoms with E-state index in [2.05, 4.69) is 27.0 Å². The maximum atomic E-state index is 14.1. The molecule has 4 aromatic rings. The van der Waals surface area contributed by atoms with Crippen molar-refractivity contribution in [2.45, 2.75) is 26.5 Å².